The smallest absolute Gasteiger partial charge is 0.239 e. The lowest BCUT2D eigenvalue weighted by atomic mass is 10.0. The maximum Gasteiger partial charge on any atom is 0.239 e. The van der Waals surface area contributed by atoms with Gasteiger partial charge in [-0.15, -0.1) is 11.3 Å². The second-order valence-corrected chi connectivity index (χ2v) is 10.1. The van der Waals surface area contributed by atoms with Crippen LogP contribution in [0.2, 0.25) is 5.02 Å². The summed E-state index contributed by atoms with van der Waals surface area (Å²) in [5.41, 5.74) is 6.49. The highest BCUT2D eigenvalue weighted by atomic mass is 35.5. The van der Waals surface area contributed by atoms with E-state index >= 15 is 0 Å². The van der Waals surface area contributed by atoms with Gasteiger partial charge in [-0.2, -0.15) is 4.98 Å². The molecule has 0 spiro atoms. The summed E-state index contributed by atoms with van der Waals surface area (Å²) in [5, 5.41) is 4.30. The van der Waals surface area contributed by atoms with Crippen LogP contribution in [-0.2, 0) is 15.6 Å². The Morgan fingerprint density at radius 2 is 2.07 bits per heavy atom. The van der Waals surface area contributed by atoms with E-state index in [1.165, 1.54) is 24.8 Å². The maximum atomic E-state index is 12.4. The molecule has 2 aromatic heterocycles. The minimum absolute atomic E-state index is 0.0566. The molecule has 4 rings (SSSR count). The Kier molecular flexibility index (Phi) is 4.44. The summed E-state index contributed by atoms with van der Waals surface area (Å²) in [6.45, 7) is 1.72. The summed E-state index contributed by atoms with van der Waals surface area (Å²) in [6, 6.07) is 9.41. The van der Waals surface area contributed by atoms with Crippen LogP contribution in [0, 0.1) is 0 Å². The molecule has 0 fully saturated rings. The second kappa shape index (κ2) is 6.57. The van der Waals surface area contributed by atoms with Crippen LogP contribution in [0.3, 0.4) is 0 Å². The number of halogens is 1. The Morgan fingerprint density at radius 3 is 2.75 bits per heavy atom. The third kappa shape index (κ3) is 3.17. The van der Waals surface area contributed by atoms with Crippen molar-refractivity contribution in [1.29, 1.82) is 0 Å². The fourth-order valence-corrected chi connectivity index (χ4v) is 6.21. The third-order valence-electron chi connectivity index (χ3n) is 4.51. The topological polar surface area (TPSA) is 115 Å². The summed E-state index contributed by atoms with van der Waals surface area (Å²) in [4.78, 5) is 10.00. The normalized spacial score (nSPS) is 21.5. The van der Waals surface area contributed by atoms with Crippen LogP contribution in [0.1, 0.15) is 11.8 Å². The van der Waals surface area contributed by atoms with Crippen LogP contribution in [-0.4, -0.2) is 41.6 Å². The standard InChI is InChI=1S/C17H16ClN5O3S2/c1-17(8-28(24,25)23(2)16(19)21-17)14-12(18)7-13(27-14)10-4-3-5-11(6-10)15-20-9-26-22-15/h3-7,9H,8H2,1-2H3,(H2,19,21). The molecule has 2 N–H and O–H groups in total. The lowest BCUT2D eigenvalue weighted by Gasteiger charge is -2.33. The van der Waals surface area contributed by atoms with Crippen LogP contribution >= 0.6 is 22.9 Å². The van der Waals surface area contributed by atoms with Gasteiger partial charge in [0.05, 0.1) is 15.7 Å². The number of hydrogen-bond donors (Lipinski definition) is 1. The Labute approximate surface area is 170 Å². The lowest BCUT2D eigenvalue weighted by molar-refractivity contribution is 0.419. The highest BCUT2D eigenvalue weighted by molar-refractivity contribution is 7.89. The van der Waals surface area contributed by atoms with Crippen molar-refractivity contribution >= 4 is 38.9 Å². The van der Waals surface area contributed by atoms with Crippen molar-refractivity contribution in [3.63, 3.8) is 0 Å². The zero-order valence-electron chi connectivity index (χ0n) is 15.0. The molecule has 1 aromatic carbocycles. The highest BCUT2D eigenvalue weighted by Gasteiger charge is 2.42. The first-order valence-electron chi connectivity index (χ1n) is 8.18. The largest absolute Gasteiger partial charge is 0.369 e. The van der Waals surface area contributed by atoms with Gasteiger partial charge in [0.15, 0.2) is 0 Å². The molecule has 0 radical (unpaired) electrons. The van der Waals surface area contributed by atoms with Gasteiger partial charge in [-0.3, -0.25) is 0 Å². The van der Waals surface area contributed by atoms with Crippen molar-refractivity contribution in [3.8, 4) is 21.8 Å². The number of rotatable bonds is 3. The fraction of sp³-hybridized carbons (Fsp3) is 0.235. The van der Waals surface area contributed by atoms with Gasteiger partial charge in [0.25, 0.3) is 0 Å². The Hall–Kier alpha value is -2.43. The summed E-state index contributed by atoms with van der Waals surface area (Å²) in [6.07, 6.45) is 1.27. The summed E-state index contributed by atoms with van der Waals surface area (Å²) >= 11 is 7.87. The van der Waals surface area contributed by atoms with E-state index in [2.05, 4.69) is 15.1 Å². The molecular weight excluding hydrogens is 422 g/mol. The monoisotopic (exact) mass is 437 g/mol. The Bertz CT molecular complexity index is 1170. The van der Waals surface area contributed by atoms with Gasteiger partial charge in [0.2, 0.25) is 28.2 Å². The summed E-state index contributed by atoms with van der Waals surface area (Å²) < 4.78 is 30.7. The van der Waals surface area contributed by atoms with Crippen molar-refractivity contribution < 1.29 is 12.9 Å². The first-order valence-corrected chi connectivity index (χ1v) is 11.0. The van der Waals surface area contributed by atoms with Crippen molar-refractivity contribution in [2.45, 2.75) is 12.5 Å². The molecule has 1 atom stereocenters. The molecule has 11 heteroatoms. The average molecular weight is 438 g/mol. The van der Waals surface area contributed by atoms with E-state index in [9.17, 15) is 8.42 Å². The predicted octanol–water partition coefficient (Wildman–Crippen LogP) is 2.92. The summed E-state index contributed by atoms with van der Waals surface area (Å²) in [5.74, 6) is 0.217. The molecule has 1 unspecified atom stereocenters. The van der Waals surface area contributed by atoms with E-state index < -0.39 is 15.6 Å². The zero-order valence-corrected chi connectivity index (χ0v) is 17.3. The minimum atomic E-state index is -3.58. The Morgan fingerprint density at radius 1 is 1.32 bits per heavy atom. The van der Waals surface area contributed by atoms with Crippen LogP contribution in [0.15, 0.2) is 46.2 Å². The van der Waals surface area contributed by atoms with Gasteiger partial charge in [-0.25, -0.2) is 17.7 Å². The summed E-state index contributed by atoms with van der Waals surface area (Å²) in [7, 11) is -2.19. The van der Waals surface area contributed by atoms with Gasteiger partial charge >= 0.3 is 0 Å². The SMILES string of the molecule is CN1C(N)=NC(C)(c2sc(-c3cccc(-c4ncon4)c3)cc2Cl)CS1(=O)=O. The van der Waals surface area contributed by atoms with Crippen molar-refractivity contribution in [1.82, 2.24) is 14.4 Å². The molecule has 8 nitrogen and oxygen atoms in total. The van der Waals surface area contributed by atoms with Crippen LogP contribution in [0.5, 0.6) is 0 Å². The number of thiophene rings is 1. The molecule has 3 aromatic rings. The van der Waals surface area contributed by atoms with E-state index in [4.69, 9.17) is 21.9 Å². The third-order valence-corrected chi connectivity index (χ3v) is 8.30. The molecule has 1 aliphatic rings. The van der Waals surface area contributed by atoms with E-state index in [1.54, 1.807) is 13.0 Å². The number of guanidine groups is 1. The number of nitrogens with two attached hydrogens (primary N) is 1. The predicted molar refractivity (Wildman–Crippen MR) is 109 cm³/mol. The molecule has 0 saturated heterocycles. The zero-order chi connectivity index (χ0) is 20.1. The van der Waals surface area contributed by atoms with E-state index in [0.717, 1.165) is 20.3 Å². The van der Waals surface area contributed by atoms with Crippen molar-refractivity contribution in [2.75, 3.05) is 12.8 Å². The number of aromatic nitrogens is 2. The van der Waals surface area contributed by atoms with E-state index in [0.29, 0.717) is 15.7 Å². The highest BCUT2D eigenvalue weighted by Crippen LogP contribution is 2.44. The molecule has 1 aliphatic heterocycles. The van der Waals surface area contributed by atoms with Gasteiger partial charge in [-0.1, -0.05) is 35.0 Å². The average Bonchev–Trinajstić information content (AvgIpc) is 3.29. The number of benzene rings is 1. The van der Waals surface area contributed by atoms with Gasteiger partial charge in [0.1, 0.15) is 5.54 Å². The Balaban J connectivity index is 1.77. The molecule has 0 saturated carbocycles. The van der Waals surface area contributed by atoms with Gasteiger partial charge in [0, 0.05) is 17.5 Å². The van der Waals surface area contributed by atoms with Gasteiger partial charge in [-0.05, 0) is 24.6 Å². The molecule has 0 amide bonds. The van der Waals surface area contributed by atoms with Crippen LogP contribution in [0.4, 0.5) is 0 Å². The first-order chi connectivity index (χ1) is 13.2. The van der Waals surface area contributed by atoms with Crippen molar-refractivity contribution in [3.05, 3.63) is 46.6 Å². The van der Waals surface area contributed by atoms with Crippen LogP contribution < -0.4 is 5.73 Å². The number of hydrogen-bond acceptors (Lipinski definition) is 8. The molecule has 3 heterocycles. The number of sulfonamides is 1. The molecule has 28 heavy (non-hydrogen) atoms. The van der Waals surface area contributed by atoms with E-state index in [1.807, 2.05) is 24.3 Å². The quantitative estimate of drug-likeness (QED) is 0.673. The minimum Gasteiger partial charge on any atom is -0.369 e. The molecule has 146 valence electrons. The molecule has 0 aliphatic carbocycles. The molecule has 0 bridgehead atoms. The number of nitrogens with zero attached hydrogens (tertiary/aromatic N) is 4. The fourth-order valence-electron chi connectivity index (χ4n) is 3.05. The lowest BCUT2D eigenvalue weighted by Crippen LogP contribution is -2.50. The first kappa shape index (κ1) is 18.9. The van der Waals surface area contributed by atoms with E-state index in [-0.39, 0.29) is 11.7 Å². The van der Waals surface area contributed by atoms with Crippen molar-refractivity contribution in [2.24, 2.45) is 10.7 Å². The van der Waals surface area contributed by atoms with Crippen LogP contribution in [0.25, 0.3) is 21.8 Å². The second-order valence-electron chi connectivity index (χ2n) is 6.59. The van der Waals surface area contributed by atoms with Gasteiger partial charge < -0.3 is 10.3 Å². The maximum absolute atomic E-state index is 12.4. The molecular formula is C17H16ClN5O3S2. The number of aliphatic imine (C=N–C) groups is 1.